The Morgan fingerprint density at radius 3 is 2.58 bits per heavy atom. The Labute approximate surface area is 152 Å². The van der Waals surface area contributed by atoms with Gasteiger partial charge < -0.3 is 9.64 Å². The fourth-order valence-electron chi connectivity index (χ4n) is 2.34. The smallest absolute Gasteiger partial charge is 0.423 e. The van der Waals surface area contributed by atoms with E-state index in [1.807, 2.05) is 31.2 Å². The number of nitrogens with zero attached hydrogens (tertiary/aromatic N) is 3. The number of alkyl halides is 3. The summed E-state index contributed by atoms with van der Waals surface area (Å²) in [6.45, 7) is 6.28. The molecule has 0 spiro atoms. The topological polar surface area (TPSA) is 38.2 Å². The van der Waals surface area contributed by atoms with Crippen LogP contribution in [-0.2, 0) is 6.18 Å². The van der Waals surface area contributed by atoms with Crippen molar-refractivity contribution in [2.24, 2.45) is 0 Å². The van der Waals surface area contributed by atoms with Gasteiger partial charge in [0.1, 0.15) is 5.56 Å². The van der Waals surface area contributed by atoms with Crippen LogP contribution in [0.15, 0.2) is 30.5 Å². The molecule has 0 saturated carbocycles. The fourth-order valence-corrected chi connectivity index (χ4v) is 2.34. The molecule has 2 aromatic rings. The number of rotatable bonds is 7. The lowest BCUT2D eigenvalue weighted by Gasteiger charge is -2.20. The quantitative estimate of drug-likeness (QED) is 0.600. The molecule has 1 heterocycles. The number of aromatic nitrogens is 2. The van der Waals surface area contributed by atoms with Gasteiger partial charge in [-0.25, -0.2) is 4.98 Å². The maximum absolute atomic E-state index is 13.2. The van der Waals surface area contributed by atoms with Gasteiger partial charge in [-0.15, -0.1) is 0 Å². The highest BCUT2D eigenvalue weighted by Gasteiger charge is 2.36. The van der Waals surface area contributed by atoms with E-state index in [0.29, 0.717) is 12.3 Å². The number of ether oxygens (including phenoxy) is 1. The summed E-state index contributed by atoms with van der Waals surface area (Å²) in [6.07, 6.45) is -2.30. The Balaban J connectivity index is 2.36. The maximum atomic E-state index is 13.2. The van der Waals surface area contributed by atoms with E-state index in [0.717, 1.165) is 23.9 Å². The molecule has 0 bridgehead atoms. The standard InChI is InChI=1S/C19H24F3N3O/c1-5-6-10-26-17-16(19(20,21)22)12-23-18(24-17)25(4)15-9-7-8-14(11-15)13(2)3/h7-9,11-13H,5-6,10H2,1-4H3. The number of unbranched alkanes of at least 4 members (excludes halogenated alkanes) is 1. The first kappa shape index (κ1) is 20.0. The van der Waals surface area contributed by atoms with Crippen LogP contribution < -0.4 is 9.64 Å². The Hall–Kier alpha value is -2.31. The SMILES string of the molecule is CCCCOc1nc(N(C)c2cccc(C(C)C)c2)ncc1C(F)(F)F. The van der Waals surface area contributed by atoms with Gasteiger partial charge in [0.2, 0.25) is 11.8 Å². The van der Waals surface area contributed by atoms with Crippen LogP contribution in [-0.4, -0.2) is 23.6 Å². The van der Waals surface area contributed by atoms with Crippen molar-refractivity contribution >= 4 is 11.6 Å². The van der Waals surface area contributed by atoms with Crippen LogP contribution in [0, 0.1) is 0 Å². The Bertz CT molecular complexity index is 732. The van der Waals surface area contributed by atoms with Gasteiger partial charge in [-0.2, -0.15) is 18.2 Å². The highest BCUT2D eigenvalue weighted by Crippen LogP contribution is 2.36. The number of hydrogen-bond donors (Lipinski definition) is 0. The second kappa shape index (κ2) is 8.38. The molecule has 0 aliphatic carbocycles. The van der Waals surface area contributed by atoms with E-state index in [-0.39, 0.29) is 12.6 Å². The van der Waals surface area contributed by atoms with Crippen LogP contribution in [0.4, 0.5) is 24.8 Å². The van der Waals surface area contributed by atoms with Crippen molar-refractivity contribution < 1.29 is 17.9 Å². The molecule has 142 valence electrons. The van der Waals surface area contributed by atoms with E-state index in [1.165, 1.54) is 0 Å². The van der Waals surface area contributed by atoms with E-state index >= 15 is 0 Å². The van der Waals surface area contributed by atoms with Crippen molar-refractivity contribution in [3.05, 3.63) is 41.6 Å². The number of hydrogen-bond acceptors (Lipinski definition) is 4. The maximum Gasteiger partial charge on any atom is 0.423 e. The molecule has 0 fully saturated rings. The second-order valence-corrected chi connectivity index (χ2v) is 6.40. The highest BCUT2D eigenvalue weighted by molar-refractivity contribution is 5.58. The summed E-state index contributed by atoms with van der Waals surface area (Å²) in [4.78, 5) is 9.59. The number of halogens is 3. The first-order valence-corrected chi connectivity index (χ1v) is 8.64. The molecule has 0 amide bonds. The zero-order chi connectivity index (χ0) is 19.3. The normalized spacial score (nSPS) is 11.7. The summed E-state index contributed by atoms with van der Waals surface area (Å²) in [7, 11) is 1.72. The lowest BCUT2D eigenvalue weighted by molar-refractivity contribution is -0.139. The lowest BCUT2D eigenvalue weighted by Crippen LogP contribution is -2.17. The number of benzene rings is 1. The second-order valence-electron chi connectivity index (χ2n) is 6.40. The minimum atomic E-state index is -4.56. The zero-order valence-electron chi connectivity index (χ0n) is 15.5. The van der Waals surface area contributed by atoms with Gasteiger partial charge in [0.15, 0.2) is 0 Å². The van der Waals surface area contributed by atoms with E-state index in [2.05, 4.69) is 23.8 Å². The van der Waals surface area contributed by atoms with E-state index < -0.39 is 17.6 Å². The summed E-state index contributed by atoms with van der Waals surface area (Å²) >= 11 is 0. The largest absolute Gasteiger partial charge is 0.477 e. The Kier molecular flexibility index (Phi) is 6.45. The van der Waals surface area contributed by atoms with Gasteiger partial charge in [0, 0.05) is 18.9 Å². The average Bonchev–Trinajstić information content (AvgIpc) is 2.60. The molecule has 0 aliphatic heterocycles. The molecule has 26 heavy (non-hydrogen) atoms. The zero-order valence-corrected chi connectivity index (χ0v) is 15.5. The molecule has 0 N–H and O–H groups in total. The molecule has 0 saturated heterocycles. The fraction of sp³-hybridized carbons (Fsp3) is 0.474. The van der Waals surface area contributed by atoms with Crippen LogP contribution in [0.2, 0.25) is 0 Å². The molecule has 1 aromatic carbocycles. The molecular weight excluding hydrogens is 343 g/mol. The first-order valence-electron chi connectivity index (χ1n) is 8.64. The minimum Gasteiger partial charge on any atom is -0.477 e. The molecule has 0 atom stereocenters. The third-order valence-electron chi connectivity index (χ3n) is 4.01. The van der Waals surface area contributed by atoms with Crippen molar-refractivity contribution in [1.82, 2.24) is 9.97 Å². The van der Waals surface area contributed by atoms with Crippen LogP contribution in [0.5, 0.6) is 5.88 Å². The van der Waals surface area contributed by atoms with Crippen molar-refractivity contribution in [2.45, 2.75) is 45.7 Å². The molecular formula is C19H24F3N3O. The monoisotopic (exact) mass is 367 g/mol. The average molecular weight is 367 g/mol. The summed E-state index contributed by atoms with van der Waals surface area (Å²) in [5.74, 6) is 0.0676. The van der Waals surface area contributed by atoms with Crippen molar-refractivity contribution in [1.29, 1.82) is 0 Å². The van der Waals surface area contributed by atoms with Gasteiger partial charge in [-0.3, -0.25) is 0 Å². The number of anilines is 2. The third-order valence-corrected chi connectivity index (χ3v) is 4.01. The van der Waals surface area contributed by atoms with Crippen LogP contribution in [0.25, 0.3) is 0 Å². The van der Waals surface area contributed by atoms with Gasteiger partial charge in [-0.1, -0.05) is 39.3 Å². The van der Waals surface area contributed by atoms with Crippen molar-refractivity contribution in [3.8, 4) is 5.88 Å². The van der Waals surface area contributed by atoms with Gasteiger partial charge in [0.05, 0.1) is 6.61 Å². The first-order chi connectivity index (χ1) is 12.2. The van der Waals surface area contributed by atoms with Gasteiger partial charge in [-0.05, 0) is 30.0 Å². The van der Waals surface area contributed by atoms with E-state index in [1.54, 1.807) is 11.9 Å². The predicted octanol–water partition coefficient (Wildman–Crippen LogP) is 5.57. The van der Waals surface area contributed by atoms with Gasteiger partial charge in [0.25, 0.3) is 0 Å². The predicted molar refractivity (Wildman–Crippen MR) is 96.0 cm³/mol. The molecule has 7 heteroatoms. The van der Waals surface area contributed by atoms with E-state index in [4.69, 9.17) is 4.74 Å². The van der Waals surface area contributed by atoms with Gasteiger partial charge >= 0.3 is 6.18 Å². The molecule has 0 radical (unpaired) electrons. The summed E-state index contributed by atoms with van der Waals surface area (Å²) < 4.78 is 44.8. The Morgan fingerprint density at radius 2 is 1.96 bits per heavy atom. The van der Waals surface area contributed by atoms with Crippen LogP contribution in [0.1, 0.15) is 50.7 Å². The summed E-state index contributed by atoms with van der Waals surface area (Å²) in [5.41, 5.74) is 0.970. The Morgan fingerprint density at radius 1 is 1.23 bits per heavy atom. The molecule has 2 rings (SSSR count). The highest BCUT2D eigenvalue weighted by atomic mass is 19.4. The van der Waals surface area contributed by atoms with E-state index in [9.17, 15) is 13.2 Å². The van der Waals surface area contributed by atoms with Crippen molar-refractivity contribution in [3.63, 3.8) is 0 Å². The molecule has 4 nitrogen and oxygen atoms in total. The molecule has 0 unspecified atom stereocenters. The van der Waals surface area contributed by atoms with Crippen LogP contribution >= 0.6 is 0 Å². The lowest BCUT2D eigenvalue weighted by atomic mass is 10.0. The summed E-state index contributed by atoms with van der Waals surface area (Å²) in [6, 6.07) is 7.76. The van der Waals surface area contributed by atoms with Crippen LogP contribution in [0.3, 0.4) is 0 Å². The third kappa shape index (κ3) is 4.86. The summed E-state index contributed by atoms with van der Waals surface area (Å²) in [5, 5.41) is 0. The van der Waals surface area contributed by atoms with Crippen molar-refractivity contribution in [2.75, 3.05) is 18.6 Å². The molecule has 0 aliphatic rings. The molecule has 1 aromatic heterocycles. The minimum absolute atomic E-state index is 0.158.